The number of carbonyl (C=O) groups excluding carboxylic acids is 1. The van der Waals surface area contributed by atoms with Crippen LogP contribution in [0.4, 0.5) is 0 Å². The Morgan fingerprint density at radius 2 is 2.21 bits per heavy atom. The summed E-state index contributed by atoms with van der Waals surface area (Å²) in [7, 11) is 0. The van der Waals surface area contributed by atoms with E-state index in [0.717, 1.165) is 23.0 Å². The van der Waals surface area contributed by atoms with Crippen molar-refractivity contribution >= 4 is 5.97 Å². The fourth-order valence-corrected chi connectivity index (χ4v) is 4.25. The lowest BCUT2D eigenvalue weighted by molar-refractivity contribution is -0.147. The zero-order valence-corrected chi connectivity index (χ0v) is 13.9. The monoisotopic (exact) mass is 326 g/mol. The number of hydrogen-bond donors (Lipinski definition) is 0. The van der Waals surface area contributed by atoms with Gasteiger partial charge in [0.05, 0.1) is 0 Å². The van der Waals surface area contributed by atoms with Crippen molar-refractivity contribution in [3.05, 3.63) is 35.7 Å². The van der Waals surface area contributed by atoms with Crippen molar-refractivity contribution in [2.45, 2.75) is 45.6 Å². The Kier molecular flexibility index (Phi) is 4.08. The summed E-state index contributed by atoms with van der Waals surface area (Å²) in [6, 6.07) is 7.87. The molecule has 0 unspecified atom stereocenters. The van der Waals surface area contributed by atoms with Crippen LogP contribution in [0.1, 0.15) is 43.6 Å². The average molecular weight is 326 g/mol. The highest BCUT2D eigenvalue weighted by Gasteiger charge is 2.40. The van der Waals surface area contributed by atoms with Crippen molar-refractivity contribution in [2.75, 3.05) is 0 Å². The number of aromatic nitrogens is 2. The van der Waals surface area contributed by atoms with Gasteiger partial charge in [-0.3, -0.25) is 4.79 Å². The first kappa shape index (κ1) is 15.4. The Morgan fingerprint density at radius 3 is 2.96 bits per heavy atom. The molecule has 5 heteroatoms. The molecule has 2 aliphatic carbocycles. The van der Waals surface area contributed by atoms with Crippen LogP contribution < -0.4 is 0 Å². The second kappa shape index (κ2) is 6.38. The molecular weight excluding hydrogens is 304 g/mol. The van der Waals surface area contributed by atoms with Crippen molar-refractivity contribution in [2.24, 2.45) is 17.8 Å². The van der Waals surface area contributed by atoms with Crippen LogP contribution in [0.2, 0.25) is 0 Å². The minimum Gasteiger partial charge on any atom is -0.456 e. The standard InChI is InChI=1S/C19H22N2O3/c1-12-3-2-4-15(7-12)19-21-20-17(24-19)11-23-18(22)10-16-9-13-5-6-14(16)8-13/h2-4,7,13-14,16H,5-6,8-11H2,1H3/t13-,14-,16-/m1/s1. The third kappa shape index (κ3) is 3.21. The van der Waals surface area contributed by atoms with Gasteiger partial charge in [-0.15, -0.1) is 10.2 Å². The summed E-state index contributed by atoms with van der Waals surface area (Å²) >= 11 is 0. The van der Waals surface area contributed by atoms with Crippen LogP contribution in [-0.4, -0.2) is 16.2 Å². The molecule has 24 heavy (non-hydrogen) atoms. The first-order valence-electron chi connectivity index (χ1n) is 8.72. The number of rotatable bonds is 5. The number of fused-ring (bicyclic) bond motifs is 2. The summed E-state index contributed by atoms with van der Waals surface area (Å²) < 4.78 is 10.9. The molecule has 0 aliphatic heterocycles. The molecule has 0 radical (unpaired) electrons. The molecule has 0 spiro atoms. The van der Waals surface area contributed by atoms with E-state index in [1.54, 1.807) is 0 Å². The fraction of sp³-hybridized carbons (Fsp3) is 0.526. The zero-order valence-electron chi connectivity index (χ0n) is 13.9. The van der Waals surface area contributed by atoms with E-state index >= 15 is 0 Å². The van der Waals surface area contributed by atoms with Crippen molar-refractivity contribution in [1.82, 2.24) is 10.2 Å². The normalized spacial score (nSPS) is 25.1. The van der Waals surface area contributed by atoms with Crippen LogP contribution in [0.15, 0.2) is 28.7 Å². The van der Waals surface area contributed by atoms with Crippen molar-refractivity contribution in [1.29, 1.82) is 0 Å². The summed E-state index contributed by atoms with van der Waals surface area (Å²) in [4.78, 5) is 12.1. The van der Waals surface area contributed by atoms with Crippen LogP contribution in [0.3, 0.4) is 0 Å². The molecule has 2 bridgehead atoms. The van der Waals surface area contributed by atoms with Gasteiger partial charge in [-0.05, 0) is 56.1 Å². The maximum atomic E-state index is 12.1. The molecule has 2 aliphatic rings. The quantitative estimate of drug-likeness (QED) is 0.779. The van der Waals surface area contributed by atoms with Crippen LogP contribution in [0.5, 0.6) is 0 Å². The number of ether oxygens (including phenoxy) is 1. The Bertz CT molecular complexity index is 740. The smallest absolute Gasteiger partial charge is 0.306 e. The van der Waals surface area contributed by atoms with Crippen LogP contribution in [-0.2, 0) is 16.1 Å². The zero-order chi connectivity index (χ0) is 16.5. The molecule has 0 amide bonds. The van der Waals surface area contributed by atoms with Gasteiger partial charge in [-0.1, -0.05) is 24.1 Å². The highest BCUT2D eigenvalue weighted by Crippen LogP contribution is 2.49. The van der Waals surface area contributed by atoms with Gasteiger partial charge in [0.25, 0.3) is 5.89 Å². The van der Waals surface area contributed by atoms with Gasteiger partial charge in [0.2, 0.25) is 5.89 Å². The maximum Gasteiger partial charge on any atom is 0.306 e. The van der Waals surface area contributed by atoms with Gasteiger partial charge < -0.3 is 9.15 Å². The lowest BCUT2D eigenvalue weighted by atomic mass is 9.86. The van der Waals surface area contributed by atoms with E-state index in [4.69, 9.17) is 9.15 Å². The van der Waals surface area contributed by atoms with Gasteiger partial charge in [-0.25, -0.2) is 0 Å². The minimum atomic E-state index is -0.150. The molecule has 0 N–H and O–H groups in total. The lowest BCUT2D eigenvalue weighted by Gasteiger charge is -2.20. The highest BCUT2D eigenvalue weighted by molar-refractivity contribution is 5.69. The number of carbonyl (C=O) groups is 1. The number of aryl methyl sites for hydroxylation is 1. The first-order chi connectivity index (χ1) is 11.7. The van der Waals surface area contributed by atoms with Crippen LogP contribution >= 0.6 is 0 Å². The van der Waals surface area contributed by atoms with Gasteiger partial charge in [0.15, 0.2) is 6.61 Å². The van der Waals surface area contributed by atoms with Crippen molar-refractivity contribution in [3.63, 3.8) is 0 Å². The van der Waals surface area contributed by atoms with Gasteiger partial charge in [-0.2, -0.15) is 0 Å². The number of esters is 1. The van der Waals surface area contributed by atoms with E-state index < -0.39 is 0 Å². The maximum absolute atomic E-state index is 12.1. The number of hydrogen-bond acceptors (Lipinski definition) is 5. The molecule has 2 fully saturated rings. The highest BCUT2D eigenvalue weighted by atomic mass is 16.5. The first-order valence-corrected chi connectivity index (χ1v) is 8.72. The topological polar surface area (TPSA) is 65.2 Å². The Balaban J connectivity index is 1.31. The SMILES string of the molecule is Cc1cccc(-c2nnc(COC(=O)C[C@H]3C[C@@H]4CC[C@@H]3C4)o2)c1. The second-order valence-corrected chi connectivity index (χ2v) is 7.17. The van der Waals surface area contributed by atoms with E-state index in [1.807, 2.05) is 31.2 Å². The molecule has 126 valence electrons. The van der Waals surface area contributed by atoms with E-state index in [2.05, 4.69) is 10.2 Å². The molecule has 2 saturated carbocycles. The van der Waals surface area contributed by atoms with Crippen molar-refractivity contribution in [3.8, 4) is 11.5 Å². The molecule has 0 saturated heterocycles. The predicted molar refractivity (Wildman–Crippen MR) is 87.8 cm³/mol. The molecule has 1 aromatic heterocycles. The number of benzene rings is 1. The van der Waals surface area contributed by atoms with E-state index in [1.165, 1.54) is 25.7 Å². The third-order valence-electron chi connectivity index (χ3n) is 5.40. The summed E-state index contributed by atoms with van der Waals surface area (Å²) in [5.41, 5.74) is 2.01. The van der Waals surface area contributed by atoms with E-state index in [0.29, 0.717) is 24.1 Å². The Labute approximate surface area is 141 Å². The predicted octanol–water partition coefficient (Wildman–Crippen LogP) is 3.91. The van der Waals surface area contributed by atoms with E-state index in [-0.39, 0.29) is 12.6 Å². The molecule has 2 aromatic rings. The minimum absolute atomic E-state index is 0.0540. The van der Waals surface area contributed by atoms with Gasteiger partial charge in [0, 0.05) is 12.0 Å². The molecule has 4 rings (SSSR count). The summed E-state index contributed by atoms with van der Waals surface area (Å²) in [5, 5.41) is 8.00. The summed E-state index contributed by atoms with van der Waals surface area (Å²) in [5.74, 6) is 2.75. The third-order valence-corrected chi connectivity index (χ3v) is 5.40. The molecular formula is C19H22N2O3. The Hall–Kier alpha value is -2.17. The lowest BCUT2D eigenvalue weighted by Crippen LogP contribution is -2.17. The summed E-state index contributed by atoms with van der Waals surface area (Å²) in [6.45, 7) is 2.07. The number of nitrogens with zero attached hydrogens (tertiary/aromatic N) is 2. The largest absolute Gasteiger partial charge is 0.456 e. The molecule has 1 heterocycles. The van der Waals surface area contributed by atoms with Crippen molar-refractivity contribution < 1.29 is 13.9 Å². The average Bonchev–Trinajstić information content (AvgIpc) is 3.29. The van der Waals surface area contributed by atoms with Gasteiger partial charge in [0.1, 0.15) is 0 Å². The summed E-state index contributed by atoms with van der Waals surface area (Å²) in [6.07, 6.45) is 5.66. The fourth-order valence-electron chi connectivity index (χ4n) is 4.25. The van der Waals surface area contributed by atoms with E-state index in [9.17, 15) is 4.79 Å². The van der Waals surface area contributed by atoms with Crippen LogP contribution in [0, 0.1) is 24.7 Å². The second-order valence-electron chi connectivity index (χ2n) is 7.17. The molecule has 3 atom stereocenters. The van der Waals surface area contributed by atoms with Gasteiger partial charge >= 0.3 is 5.97 Å². The van der Waals surface area contributed by atoms with Crippen LogP contribution in [0.25, 0.3) is 11.5 Å². The molecule has 5 nitrogen and oxygen atoms in total. The Morgan fingerprint density at radius 1 is 1.29 bits per heavy atom. The molecule has 1 aromatic carbocycles.